The minimum absolute atomic E-state index is 0.0525. The van der Waals surface area contributed by atoms with Gasteiger partial charge in [0.2, 0.25) is 0 Å². The standard InChI is InChI=1S/C17H20N2O4/c1-19(2)14(15-5-4-10-23-15)11-18-16(20)12-6-8-13(9-7-12)17(21)22-3/h4-10,14H,11H2,1-3H3,(H,18,20). The maximum atomic E-state index is 12.2. The number of hydrogen-bond donors (Lipinski definition) is 1. The first-order valence-corrected chi connectivity index (χ1v) is 7.19. The number of methoxy groups -OCH3 is 1. The SMILES string of the molecule is COC(=O)c1ccc(C(=O)NCC(c2ccco2)N(C)C)cc1. The van der Waals surface area contributed by atoms with Crippen LogP contribution in [0.1, 0.15) is 32.5 Å². The summed E-state index contributed by atoms with van der Waals surface area (Å²) < 4.78 is 10.0. The Morgan fingerprint density at radius 3 is 2.35 bits per heavy atom. The van der Waals surface area contributed by atoms with E-state index in [0.717, 1.165) is 5.76 Å². The Morgan fingerprint density at radius 1 is 1.17 bits per heavy atom. The quantitative estimate of drug-likeness (QED) is 0.826. The number of nitrogens with zero attached hydrogens (tertiary/aromatic N) is 1. The van der Waals surface area contributed by atoms with E-state index in [1.807, 2.05) is 31.1 Å². The van der Waals surface area contributed by atoms with E-state index >= 15 is 0 Å². The molecule has 1 heterocycles. The lowest BCUT2D eigenvalue weighted by molar-refractivity contribution is 0.0600. The number of amides is 1. The number of hydrogen-bond acceptors (Lipinski definition) is 5. The van der Waals surface area contributed by atoms with Gasteiger partial charge in [0, 0.05) is 12.1 Å². The van der Waals surface area contributed by atoms with Gasteiger partial charge in [-0.25, -0.2) is 4.79 Å². The van der Waals surface area contributed by atoms with Gasteiger partial charge in [-0.15, -0.1) is 0 Å². The summed E-state index contributed by atoms with van der Waals surface area (Å²) in [5.41, 5.74) is 0.889. The van der Waals surface area contributed by atoms with Gasteiger partial charge in [0.05, 0.1) is 25.0 Å². The fraction of sp³-hybridized carbons (Fsp3) is 0.294. The van der Waals surface area contributed by atoms with Crippen LogP contribution in [0.5, 0.6) is 0 Å². The highest BCUT2D eigenvalue weighted by Gasteiger charge is 2.18. The van der Waals surface area contributed by atoms with Gasteiger partial charge in [0.1, 0.15) is 5.76 Å². The van der Waals surface area contributed by atoms with Crippen molar-refractivity contribution in [2.75, 3.05) is 27.7 Å². The molecule has 0 radical (unpaired) electrons. The van der Waals surface area contributed by atoms with Crippen molar-refractivity contribution >= 4 is 11.9 Å². The molecule has 2 rings (SSSR count). The zero-order valence-electron chi connectivity index (χ0n) is 13.4. The van der Waals surface area contributed by atoms with Crippen LogP contribution < -0.4 is 5.32 Å². The maximum absolute atomic E-state index is 12.2. The highest BCUT2D eigenvalue weighted by atomic mass is 16.5. The Kier molecular flexibility index (Phi) is 5.54. The summed E-state index contributed by atoms with van der Waals surface area (Å²) in [6.07, 6.45) is 1.61. The van der Waals surface area contributed by atoms with Crippen molar-refractivity contribution in [1.82, 2.24) is 10.2 Å². The van der Waals surface area contributed by atoms with Crippen LogP contribution in [-0.2, 0) is 4.74 Å². The Hall–Kier alpha value is -2.60. The predicted octanol–water partition coefficient (Wildman–Crippen LogP) is 2.10. The highest BCUT2D eigenvalue weighted by Crippen LogP contribution is 2.17. The molecule has 1 aromatic heterocycles. The number of ether oxygens (including phenoxy) is 1. The molecule has 1 amide bonds. The third-order valence-corrected chi connectivity index (χ3v) is 3.52. The monoisotopic (exact) mass is 316 g/mol. The van der Waals surface area contributed by atoms with Crippen molar-refractivity contribution in [3.63, 3.8) is 0 Å². The van der Waals surface area contributed by atoms with Crippen molar-refractivity contribution < 1.29 is 18.7 Å². The largest absolute Gasteiger partial charge is 0.468 e. The maximum Gasteiger partial charge on any atom is 0.337 e. The molecule has 1 aromatic carbocycles. The Labute approximate surface area is 135 Å². The number of carbonyl (C=O) groups is 2. The van der Waals surface area contributed by atoms with Crippen LogP contribution in [0, 0.1) is 0 Å². The molecule has 0 saturated heterocycles. The number of likely N-dealkylation sites (N-methyl/N-ethyl adjacent to an activating group) is 1. The molecule has 0 bridgehead atoms. The van der Waals surface area contributed by atoms with Gasteiger partial charge in [0.25, 0.3) is 5.91 Å². The zero-order valence-corrected chi connectivity index (χ0v) is 13.4. The Bertz CT molecular complexity index is 648. The van der Waals surface area contributed by atoms with Crippen molar-refractivity contribution in [1.29, 1.82) is 0 Å². The van der Waals surface area contributed by atoms with E-state index in [2.05, 4.69) is 10.1 Å². The average Bonchev–Trinajstić information content (AvgIpc) is 3.08. The lowest BCUT2D eigenvalue weighted by atomic mass is 10.1. The van der Waals surface area contributed by atoms with E-state index in [1.54, 1.807) is 30.5 Å². The van der Waals surface area contributed by atoms with Gasteiger partial charge in [-0.3, -0.25) is 9.69 Å². The molecule has 0 spiro atoms. The molecule has 0 saturated carbocycles. The summed E-state index contributed by atoms with van der Waals surface area (Å²) in [5.74, 6) is 0.151. The molecule has 2 aromatic rings. The number of benzene rings is 1. The molecule has 23 heavy (non-hydrogen) atoms. The number of carbonyl (C=O) groups excluding carboxylic acids is 2. The van der Waals surface area contributed by atoms with Gasteiger partial charge < -0.3 is 14.5 Å². The summed E-state index contributed by atoms with van der Waals surface area (Å²) in [6, 6.07) is 9.97. The van der Waals surface area contributed by atoms with Crippen LogP contribution in [0.2, 0.25) is 0 Å². The van der Waals surface area contributed by atoms with Crippen molar-refractivity contribution in [3.8, 4) is 0 Å². The summed E-state index contributed by atoms with van der Waals surface area (Å²) in [4.78, 5) is 25.6. The summed E-state index contributed by atoms with van der Waals surface area (Å²) >= 11 is 0. The van der Waals surface area contributed by atoms with Gasteiger partial charge in [0.15, 0.2) is 0 Å². The van der Waals surface area contributed by atoms with E-state index in [4.69, 9.17) is 4.42 Å². The molecule has 6 heteroatoms. The smallest absolute Gasteiger partial charge is 0.337 e. The van der Waals surface area contributed by atoms with Crippen LogP contribution >= 0.6 is 0 Å². The lowest BCUT2D eigenvalue weighted by Crippen LogP contribution is -2.34. The zero-order chi connectivity index (χ0) is 16.8. The third-order valence-electron chi connectivity index (χ3n) is 3.52. The molecule has 6 nitrogen and oxygen atoms in total. The van der Waals surface area contributed by atoms with Crippen LogP contribution in [0.3, 0.4) is 0 Å². The van der Waals surface area contributed by atoms with E-state index in [1.165, 1.54) is 7.11 Å². The van der Waals surface area contributed by atoms with Crippen LogP contribution in [0.4, 0.5) is 0 Å². The lowest BCUT2D eigenvalue weighted by Gasteiger charge is -2.22. The molecule has 0 aliphatic heterocycles. The normalized spacial score (nSPS) is 12.0. The Morgan fingerprint density at radius 2 is 1.83 bits per heavy atom. The fourth-order valence-corrected chi connectivity index (χ4v) is 2.19. The molecule has 1 atom stereocenters. The van der Waals surface area contributed by atoms with E-state index in [0.29, 0.717) is 17.7 Å². The van der Waals surface area contributed by atoms with Gasteiger partial charge in [-0.1, -0.05) is 0 Å². The average molecular weight is 316 g/mol. The van der Waals surface area contributed by atoms with Gasteiger partial charge in [-0.2, -0.15) is 0 Å². The van der Waals surface area contributed by atoms with Gasteiger partial charge in [-0.05, 0) is 50.5 Å². The highest BCUT2D eigenvalue weighted by molar-refractivity contribution is 5.96. The summed E-state index contributed by atoms with van der Waals surface area (Å²) in [5, 5.41) is 2.87. The van der Waals surface area contributed by atoms with Crippen LogP contribution in [-0.4, -0.2) is 44.5 Å². The van der Waals surface area contributed by atoms with Crippen molar-refractivity contribution in [2.45, 2.75) is 6.04 Å². The second kappa shape index (κ2) is 7.60. The molecular formula is C17H20N2O4. The molecule has 1 N–H and O–H groups in total. The molecule has 0 fully saturated rings. The van der Waals surface area contributed by atoms with Crippen LogP contribution in [0.25, 0.3) is 0 Å². The van der Waals surface area contributed by atoms with E-state index < -0.39 is 5.97 Å². The molecule has 122 valence electrons. The van der Waals surface area contributed by atoms with Gasteiger partial charge >= 0.3 is 5.97 Å². The second-order valence-electron chi connectivity index (χ2n) is 5.27. The fourth-order valence-electron chi connectivity index (χ4n) is 2.19. The molecule has 1 unspecified atom stereocenters. The summed E-state index contributed by atoms with van der Waals surface area (Å²) in [7, 11) is 5.16. The first-order valence-electron chi connectivity index (χ1n) is 7.19. The second-order valence-corrected chi connectivity index (χ2v) is 5.27. The third kappa shape index (κ3) is 4.20. The number of rotatable bonds is 6. The number of furan rings is 1. The molecule has 0 aliphatic carbocycles. The first-order chi connectivity index (χ1) is 11.0. The van der Waals surface area contributed by atoms with E-state index in [-0.39, 0.29) is 11.9 Å². The van der Waals surface area contributed by atoms with E-state index in [9.17, 15) is 9.59 Å². The van der Waals surface area contributed by atoms with Crippen LogP contribution in [0.15, 0.2) is 47.1 Å². The molecular weight excluding hydrogens is 296 g/mol. The number of esters is 1. The van der Waals surface area contributed by atoms with Crippen molar-refractivity contribution in [2.24, 2.45) is 0 Å². The minimum atomic E-state index is -0.428. The topological polar surface area (TPSA) is 71.8 Å². The number of nitrogens with one attached hydrogen (secondary N) is 1. The first kappa shape index (κ1) is 16.8. The summed E-state index contributed by atoms with van der Waals surface area (Å²) in [6.45, 7) is 0.415. The predicted molar refractivity (Wildman–Crippen MR) is 85.3 cm³/mol. The Balaban J connectivity index is 1.99. The minimum Gasteiger partial charge on any atom is -0.468 e. The van der Waals surface area contributed by atoms with Crippen molar-refractivity contribution in [3.05, 3.63) is 59.5 Å². The molecule has 0 aliphatic rings.